The van der Waals surface area contributed by atoms with Crippen LogP contribution >= 0.6 is 0 Å². The van der Waals surface area contributed by atoms with Gasteiger partial charge in [0.05, 0.1) is 0 Å². The topological polar surface area (TPSA) is 61.5 Å². The lowest BCUT2D eigenvalue weighted by Gasteiger charge is -2.26. The van der Waals surface area contributed by atoms with E-state index >= 15 is 0 Å². The van der Waals surface area contributed by atoms with Gasteiger partial charge in [-0.25, -0.2) is 0 Å². The minimum atomic E-state index is -0.295. The van der Waals surface area contributed by atoms with Crippen LogP contribution in [0.3, 0.4) is 0 Å². The summed E-state index contributed by atoms with van der Waals surface area (Å²) in [5.41, 5.74) is 4.94. The smallest absolute Gasteiger partial charge is 0.217 e. The Hall–Kier alpha value is -0.610. The van der Waals surface area contributed by atoms with E-state index in [-0.39, 0.29) is 17.6 Å². The van der Waals surface area contributed by atoms with Crippen LogP contribution < -0.4 is 5.73 Å². The molecule has 4 nitrogen and oxygen atoms in total. The van der Waals surface area contributed by atoms with Crippen LogP contribution in [0, 0.1) is 5.41 Å². The minimum absolute atomic E-state index is 0.178. The lowest BCUT2D eigenvalue weighted by Crippen LogP contribution is -2.28. The number of hydrogen-bond acceptors (Lipinski definition) is 3. The van der Waals surface area contributed by atoms with Gasteiger partial charge in [-0.15, -0.1) is 0 Å². The Labute approximate surface area is 79.4 Å². The number of ether oxygens (including phenoxy) is 2. The Morgan fingerprint density at radius 1 is 1.38 bits per heavy atom. The van der Waals surface area contributed by atoms with Crippen LogP contribution in [0.15, 0.2) is 0 Å². The molecule has 0 saturated carbocycles. The molecule has 0 spiro atoms. The van der Waals surface area contributed by atoms with E-state index in [1.54, 1.807) is 14.2 Å². The highest BCUT2D eigenvalue weighted by atomic mass is 16.7. The van der Waals surface area contributed by atoms with Crippen LogP contribution in [0.4, 0.5) is 0 Å². The number of amides is 1. The molecule has 13 heavy (non-hydrogen) atoms. The summed E-state index contributed by atoms with van der Waals surface area (Å²) in [7, 11) is 3.16. The average Bonchev–Trinajstić information content (AvgIpc) is 1.97. The first-order chi connectivity index (χ1) is 5.91. The minimum Gasteiger partial charge on any atom is -0.370 e. The van der Waals surface area contributed by atoms with Crippen molar-refractivity contribution < 1.29 is 14.3 Å². The van der Waals surface area contributed by atoms with Gasteiger partial charge < -0.3 is 15.2 Å². The Bertz CT molecular complexity index is 164. The van der Waals surface area contributed by atoms with Gasteiger partial charge in [-0.2, -0.15) is 0 Å². The summed E-state index contributed by atoms with van der Waals surface area (Å²) < 4.78 is 10.1. The van der Waals surface area contributed by atoms with Crippen molar-refractivity contribution in [1.29, 1.82) is 0 Å². The molecule has 78 valence electrons. The fraction of sp³-hybridized carbons (Fsp3) is 0.889. The molecule has 2 N–H and O–H groups in total. The Morgan fingerprint density at radius 2 is 1.85 bits per heavy atom. The Kier molecular flexibility index (Phi) is 4.95. The number of carbonyl (C=O) groups is 1. The van der Waals surface area contributed by atoms with E-state index in [2.05, 4.69) is 0 Å². The van der Waals surface area contributed by atoms with E-state index < -0.39 is 0 Å². The Balaban J connectivity index is 4.05. The van der Waals surface area contributed by atoms with Crippen molar-refractivity contribution in [3.05, 3.63) is 0 Å². The third-order valence-corrected chi connectivity index (χ3v) is 1.90. The highest BCUT2D eigenvalue weighted by Crippen LogP contribution is 2.27. The van der Waals surface area contributed by atoms with E-state index in [0.717, 1.165) is 0 Å². The normalized spacial score (nSPS) is 12.1. The summed E-state index contributed by atoms with van der Waals surface area (Å²) in [5, 5.41) is 0. The second kappa shape index (κ2) is 5.19. The van der Waals surface area contributed by atoms with Crippen molar-refractivity contribution >= 4 is 5.91 Å². The molecule has 0 aliphatic rings. The van der Waals surface area contributed by atoms with Gasteiger partial charge in [-0.05, 0) is 5.41 Å². The van der Waals surface area contributed by atoms with E-state index in [9.17, 15) is 4.79 Å². The van der Waals surface area contributed by atoms with Crippen molar-refractivity contribution in [2.75, 3.05) is 14.2 Å². The van der Waals surface area contributed by atoms with E-state index in [0.29, 0.717) is 12.8 Å². The molecule has 0 aromatic carbocycles. The predicted octanol–water partition coefficient (Wildman–Crippen LogP) is 0.897. The molecular weight excluding hydrogens is 170 g/mol. The monoisotopic (exact) mass is 189 g/mol. The SMILES string of the molecule is COC(CC(C)(C)CC(N)=O)OC. The predicted molar refractivity (Wildman–Crippen MR) is 50.0 cm³/mol. The third kappa shape index (κ3) is 5.60. The van der Waals surface area contributed by atoms with Crippen LogP contribution in [0.25, 0.3) is 0 Å². The maximum atomic E-state index is 10.7. The molecule has 0 radical (unpaired) electrons. The van der Waals surface area contributed by atoms with E-state index in [4.69, 9.17) is 15.2 Å². The fourth-order valence-corrected chi connectivity index (χ4v) is 1.26. The van der Waals surface area contributed by atoms with Gasteiger partial charge in [0, 0.05) is 27.1 Å². The molecule has 0 bridgehead atoms. The molecule has 0 atom stereocenters. The average molecular weight is 189 g/mol. The van der Waals surface area contributed by atoms with Crippen molar-refractivity contribution in [2.24, 2.45) is 11.1 Å². The summed E-state index contributed by atoms with van der Waals surface area (Å²) >= 11 is 0. The molecule has 0 aromatic rings. The first-order valence-corrected chi connectivity index (χ1v) is 4.25. The van der Waals surface area contributed by atoms with Gasteiger partial charge in [-0.1, -0.05) is 13.8 Å². The summed E-state index contributed by atoms with van der Waals surface area (Å²) in [4.78, 5) is 10.7. The van der Waals surface area contributed by atoms with Gasteiger partial charge in [0.15, 0.2) is 6.29 Å². The zero-order chi connectivity index (χ0) is 10.5. The number of rotatable bonds is 6. The second-order valence-corrected chi connectivity index (χ2v) is 3.91. The zero-order valence-electron chi connectivity index (χ0n) is 8.79. The molecule has 0 aliphatic heterocycles. The quantitative estimate of drug-likeness (QED) is 0.631. The van der Waals surface area contributed by atoms with Crippen LogP contribution in [0.5, 0.6) is 0 Å². The highest BCUT2D eigenvalue weighted by Gasteiger charge is 2.25. The highest BCUT2D eigenvalue weighted by molar-refractivity contribution is 5.74. The Morgan fingerprint density at radius 3 is 2.15 bits per heavy atom. The molecule has 0 heterocycles. The lowest BCUT2D eigenvalue weighted by molar-refractivity contribution is -0.130. The van der Waals surface area contributed by atoms with Gasteiger partial charge >= 0.3 is 0 Å². The molecule has 0 aromatic heterocycles. The number of carbonyl (C=O) groups excluding carboxylic acids is 1. The number of primary amides is 1. The molecule has 0 saturated heterocycles. The van der Waals surface area contributed by atoms with Crippen molar-refractivity contribution in [2.45, 2.75) is 33.0 Å². The first kappa shape index (κ1) is 12.4. The molecule has 4 heteroatoms. The third-order valence-electron chi connectivity index (χ3n) is 1.90. The summed E-state index contributed by atoms with van der Waals surface area (Å²) in [6.07, 6.45) is 0.730. The van der Waals surface area contributed by atoms with Crippen LogP contribution in [-0.2, 0) is 14.3 Å². The van der Waals surface area contributed by atoms with Crippen LogP contribution in [0.2, 0.25) is 0 Å². The molecule has 0 aliphatic carbocycles. The summed E-state index contributed by atoms with van der Waals surface area (Å²) in [6.45, 7) is 3.92. The maximum Gasteiger partial charge on any atom is 0.217 e. The molecule has 1 amide bonds. The maximum absolute atomic E-state index is 10.7. The van der Waals surface area contributed by atoms with Gasteiger partial charge in [0.25, 0.3) is 0 Å². The van der Waals surface area contributed by atoms with Crippen molar-refractivity contribution in [3.8, 4) is 0 Å². The van der Waals surface area contributed by atoms with Crippen molar-refractivity contribution in [1.82, 2.24) is 0 Å². The molecule has 0 unspecified atom stereocenters. The van der Waals surface area contributed by atoms with E-state index in [1.807, 2.05) is 13.8 Å². The largest absolute Gasteiger partial charge is 0.370 e. The molecular formula is C9H19NO3. The van der Waals surface area contributed by atoms with Crippen LogP contribution in [0.1, 0.15) is 26.7 Å². The zero-order valence-corrected chi connectivity index (χ0v) is 8.79. The molecule has 0 rings (SSSR count). The van der Waals surface area contributed by atoms with E-state index in [1.165, 1.54) is 0 Å². The van der Waals surface area contributed by atoms with Gasteiger partial charge in [-0.3, -0.25) is 4.79 Å². The number of nitrogens with two attached hydrogens (primary N) is 1. The fourth-order valence-electron chi connectivity index (χ4n) is 1.26. The van der Waals surface area contributed by atoms with Gasteiger partial charge in [0.1, 0.15) is 0 Å². The summed E-state index contributed by atoms with van der Waals surface area (Å²) in [6, 6.07) is 0. The standard InChI is InChI=1S/C9H19NO3/c1-9(2,5-7(10)11)6-8(12-3)13-4/h8H,5-6H2,1-4H3,(H2,10,11). The lowest BCUT2D eigenvalue weighted by atomic mass is 9.85. The van der Waals surface area contributed by atoms with Crippen molar-refractivity contribution in [3.63, 3.8) is 0 Å². The number of methoxy groups -OCH3 is 2. The first-order valence-electron chi connectivity index (χ1n) is 4.25. The van der Waals surface area contributed by atoms with Crippen LogP contribution in [-0.4, -0.2) is 26.4 Å². The van der Waals surface area contributed by atoms with Gasteiger partial charge in [0.2, 0.25) is 5.91 Å². The molecule has 0 fully saturated rings. The second-order valence-electron chi connectivity index (χ2n) is 3.91. The number of hydrogen-bond donors (Lipinski definition) is 1. The summed E-state index contributed by atoms with van der Waals surface area (Å²) in [5.74, 6) is -0.295.